The summed E-state index contributed by atoms with van der Waals surface area (Å²) in [6.45, 7) is 5.87. The van der Waals surface area contributed by atoms with E-state index in [0.29, 0.717) is 6.61 Å². The molecule has 1 fully saturated rings. The van der Waals surface area contributed by atoms with Crippen molar-refractivity contribution in [2.24, 2.45) is 5.92 Å². The number of aliphatic hydroxyl groups excluding tert-OH is 1. The van der Waals surface area contributed by atoms with E-state index in [2.05, 4.69) is 11.8 Å². The standard InChI is InChI=1S/C9H19NO.ClH/c1-9-3-2-5-10(6-4-9)7-8-11;/h9,11H,2-8H2,1H3;1H. The SMILES string of the molecule is CC1CCCN(CCO)CC1.Cl. The summed E-state index contributed by atoms with van der Waals surface area (Å²) in [5.74, 6) is 0.888. The Labute approximate surface area is 81.4 Å². The Morgan fingerprint density at radius 3 is 2.75 bits per heavy atom. The summed E-state index contributed by atoms with van der Waals surface area (Å²) in [5.41, 5.74) is 0. The maximum atomic E-state index is 8.73. The van der Waals surface area contributed by atoms with E-state index in [1.165, 1.54) is 32.4 Å². The molecule has 0 bridgehead atoms. The van der Waals surface area contributed by atoms with Crippen LogP contribution in [0.5, 0.6) is 0 Å². The Balaban J connectivity index is 0.00000121. The van der Waals surface area contributed by atoms with Gasteiger partial charge in [0.1, 0.15) is 0 Å². The fraction of sp³-hybridized carbons (Fsp3) is 1.00. The zero-order chi connectivity index (χ0) is 8.10. The molecule has 1 heterocycles. The maximum absolute atomic E-state index is 8.73. The molecule has 1 unspecified atom stereocenters. The van der Waals surface area contributed by atoms with Gasteiger partial charge in [0.25, 0.3) is 0 Å². The van der Waals surface area contributed by atoms with Crippen LogP contribution in [0, 0.1) is 5.92 Å². The Morgan fingerprint density at radius 1 is 1.33 bits per heavy atom. The first-order valence-corrected chi connectivity index (χ1v) is 4.66. The van der Waals surface area contributed by atoms with Gasteiger partial charge in [0, 0.05) is 6.54 Å². The average molecular weight is 194 g/mol. The Morgan fingerprint density at radius 2 is 2.08 bits per heavy atom. The van der Waals surface area contributed by atoms with Crippen molar-refractivity contribution in [2.75, 3.05) is 26.2 Å². The van der Waals surface area contributed by atoms with Crippen LogP contribution in [0.2, 0.25) is 0 Å². The van der Waals surface area contributed by atoms with Crippen LogP contribution in [0.4, 0.5) is 0 Å². The lowest BCUT2D eigenvalue weighted by molar-refractivity contribution is 0.199. The number of hydrogen-bond donors (Lipinski definition) is 1. The van der Waals surface area contributed by atoms with Crippen LogP contribution in [-0.2, 0) is 0 Å². The summed E-state index contributed by atoms with van der Waals surface area (Å²) < 4.78 is 0. The van der Waals surface area contributed by atoms with Crippen LogP contribution in [0.15, 0.2) is 0 Å². The highest BCUT2D eigenvalue weighted by Crippen LogP contribution is 2.15. The van der Waals surface area contributed by atoms with E-state index >= 15 is 0 Å². The molecule has 0 amide bonds. The summed E-state index contributed by atoms with van der Waals surface area (Å²) in [6.07, 6.45) is 3.98. The lowest BCUT2D eigenvalue weighted by Crippen LogP contribution is -2.27. The number of likely N-dealkylation sites (tertiary alicyclic amines) is 1. The van der Waals surface area contributed by atoms with E-state index < -0.39 is 0 Å². The molecule has 0 aromatic carbocycles. The van der Waals surface area contributed by atoms with E-state index in [1.807, 2.05) is 0 Å². The molecule has 1 rings (SSSR count). The third-order valence-corrected chi connectivity index (χ3v) is 2.53. The first-order valence-electron chi connectivity index (χ1n) is 4.66. The molecule has 3 heteroatoms. The fourth-order valence-electron chi connectivity index (χ4n) is 1.69. The quantitative estimate of drug-likeness (QED) is 0.719. The van der Waals surface area contributed by atoms with Crippen LogP contribution in [0.1, 0.15) is 26.2 Å². The Hall–Kier alpha value is 0.210. The van der Waals surface area contributed by atoms with Gasteiger partial charge in [0.15, 0.2) is 0 Å². The van der Waals surface area contributed by atoms with Crippen LogP contribution < -0.4 is 0 Å². The predicted molar refractivity (Wildman–Crippen MR) is 53.8 cm³/mol. The number of β-amino-alcohol motifs (C(OH)–C–C–N with tert-alkyl or cyclic N) is 1. The second-order valence-electron chi connectivity index (χ2n) is 3.60. The first kappa shape index (κ1) is 12.2. The summed E-state index contributed by atoms with van der Waals surface area (Å²) in [6, 6.07) is 0. The average Bonchev–Trinajstić information content (AvgIpc) is 2.17. The highest BCUT2D eigenvalue weighted by atomic mass is 35.5. The topological polar surface area (TPSA) is 23.5 Å². The number of rotatable bonds is 2. The lowest BCUT2D eigenvalue weighted by Gasteiger charge is -2.17. The molecule has 0 aromatic heterocycles. The fourth-order valence-corrected chi connectivity index (χ4v) is 1.69. The molecule has 0 saturated carbocycles. The summed E-state index contributed by atoms with van der Waals surface area (Å²) in [5, 5.41) is 8.73. The Bertz CT molecular complexity index is 111. The number of halogens is 1. The minimum Gasteiger partial charge on any atom is -0.395 e. The highest BCUT2D eigenvalue weighted by molar-refractivity contribution is 5.85. The molecule has 1 aliphatic rings. The van der Waals surface area contributed by atoms with Crippen molar-refractivity contribution >= 4 is 12.4 Å². The van der Waals surface area contributed by atoms with Crippen molar-refractivity contribution in [3.05, 3.63) is 0 Å². The summed E-state index contributed by atoms with van der Waals surface area (Å²) in [4.78, 5) is 2.36. The van der Waals surface area contributed by atoms with Gasteiger partial charge < -0.3 is 10.0 Å². The third-order valence-electron chi connectivity index (χ3n) is 2.53. The van der Waals surface area contributed by atoms with Gasteiger partial charge in [-0.2, -0.15) is 0 Å². The zero-order valence-electron chi connectivity index (χ0n) is 7.83. The van der Waals surface area contributed by atoms with Gasteiger partial charge in [-0.25, -0.2) is 0 Å². The molecule has 0 radical (unpaired) electrons. The van der Waals surface area contributed by atoms with Gasteiger partial charge in [-0.15, -0.1) is 12.4 Å². The van der Waals surface area contributed by atoms with Gasteiger partial charge in [-0.05, 0) is 38.3 Å². The Kier molecular flexibility index (Phi) is 6.81. The smallest absolute Gasteiger partial charge is 0.0558 e. The normalized spacial score (nSPS) is 26.0. The highest BCUT2D eigenvalue weighted by Gasteiger charge is 2.12. The van der Waals surface area contributed by atoms with Crippen LogP contribution in [0.3, 0.4) is 0 Å². The van der Waals surface area contributed by atoms with Gasteiger partial charge in [0.2, 0.25) is 0 Å². The van der Waals surface area contributed by atoms with Crippen LogP contribution in [0.25, 0.3) is 0 Å². The molecule has 12 heavy (non-hydrogen) atoms. The molecule has 1 saturated heterocycles. The molecule has 0 aromatic rings. The number of aliphatic hydroxyl groups is 1. The zero-order valence-corrected chi connectivity index (χ0v) is 8.65. The van der Waals surface area contributed by atoms with Gasteiger partial charge in [-0.1, -0.05) is 6.92 Å². The van der Waals surface area contributed by atoms with Crippen molar-refractivity contribution < 1.29 is 5.11 Å². The number of hydrogen-bond acceptors (Lipinski definition) is 2. The molecular formula is C9H20ClNO. The molecular weight excluding hydrogens is 174 g/mol. The minimum atomic E-state index is 0. The van der Waals surface area contributed by atoms with E-state index in [9.17, 15) is 0 Å². The predicted octanol–water partition coefficient (Wildman–Crippen LogP) is 1.52. The minimum absolute atomic E-state index is 0. The van der Waals surface area contributed by atoms with E-state index in [4.69, 9.17) is 5.11 Å². The van der Waals surface area contributed by atoms with E-state index in [1.54, 1.807) is 0 Å². The van der Waals surface area contributed by atoms with Crippen LogP contribution in [-0.4, -0.2) is 36.2 Å². The monoisotopic (exact) mass is 193 g/mol. The third kappa shape index (κ3) is 4.29. The van der Waals surface area contributed by atoms with Gasteiger partial charge in [-0.3, -0.25) is 0 Å². The second kappa shape index (κ2) is 6.70. The second-order valence-corrected chi connectivity index (χ2v) is 3.60. The van der Waals surface area contributed by atoms with Crippen molar-refractivity contribution in [2.45, 2.75) is 26.2 Å². The largest absolute Gasteiger partial charge is 0.395 e. The molecule has 0 spiro atoms. The molecule has 74 valence electrons. The molecule has 2 nitrogen and oxygen atoms in total. The molecule has 1 aliphatic heterocycles. The first-order chi connectivity index (χ1) is 5.33. The van der Waals surface area contributed by atoms with Crippen molar-refractivity contribution in [1.29, 1.82) is 0 Å². The van der Waals surface area contributed by atoms with Gasteiger partial charge >= 0.3 is 0 Å². The van der Waals surface area contributed by atoms with Crippen molar-refractivity contribution in [3.63, 3.8) is 0 Å². The molecule has 0 aliphatic carbocycles. The summed E-state index contributed by atoms with van der Waals surface area (Å²) >= 11 is 0. The maximum Gasteiger partial charge on any atom is 0.0558 e. The molecule has 1 N–H and O–H groups in total. The lowest BCUT2D eigenvalue weighted by atomic mass is 10.0. The molecule has 1 atom stereocenters. The van der Waals surface area contributed by atoms with E-state index in [-0.39, 0.29) is 12.4 Å². The van der Waals surface area contributed by atoms with Crippen molar-refractivity contribution in [3.8, 4) is 0 Å². The summed E-state index contributed by atoms with van der Waals surface area (Å²) in [7, 11) is 0. The van der Waals surface area contributed by atoms with Gasteiger partial charge in [0.05, 0.1) is 6.61 Å². The van der Waals surface area contributed by atoms with Crippen LogP contribution >= 0.6 is 12.4 Å². The van der Waals surface area contributed by atoms with Crippen molar-refractivity contribution in [1.82, 2.24) is 4.90 Å². The van der Waals surface area contributed by atoms with E-state index in [0.717, 1.165) is 12.5 Å². The number of nitrogens with zero attached hydrogens (tertiary/aromatic N) is 1.